The fourth-order valence-corrected chi connectivity index (χ4v) is 1.36. The van der Waals surface area contributed by atoms with E-state index >= 15 is 0 Å². The second kappa shape index (κ2) is 3.77. The second-order valence-corrected chi connectivity index (χ2v) is 3.42. The maximum Gasteiger partial charge on any atom is 0.332 e. The topological polar surface area (TPSA) is 54.9 Å². The maximum atomic E-state index is 12.7. The molecule has 0 radical (unpaired) electrons. The van der Waals surface area contributed by atoms with Gasteiger partial charge in [0.25, 0.3) is 5.56 Å². The number of nitrogens with zero attached hydrogens (tertiary/aromatic N) is 1. The molecular weight excluding hydrogens is 211 g/mol. The van der Waals surface area contributed by atoms with Crippen LogP contribution in [0.15, 0.2) is 40.1 Å². The molecule has 5 heteroatoms. The van der Waals surface area contributed by atoms with Crippen molar-refractivity contribution in [3.8, 4) is 5.69 Å². The van der Waals surface area contributed by atoms with E-state index in [1.807, 2.05) is 0 Å². The van der Waals surface area contributed by atoms with E-state index in [0.717, 1.165) is 0 Å². The van der Waals surface area contributed by atoms with Gasteiger partial charge in [-0.2, -0.15) is 0 Å². The van der Waals surface area contributed by atoms with Crippen molar-refractivity contribution in [1.82, 2.24) is 9.55 Å². The fourth-order valence-electron chi connectivity index (χ4n) is 1.36. The molecule has 1 N–H and O–H groups in total. The summed E-state index contributed by atoms with van der Waals surface area (Å²) in [6, 6.07) is 5.44. The molecule has 0 fully saturated rings. The van der Waals surface area contributed by atoms with Crippen molar-refractivity contribution in [1.29, 1.82) is 0 Å². The van der Waals surface area contributed by atoms with Crippen LogP contribution in [0.4, 0.5) is 4.39 Å². The third kappa shape index (κ3) is 1.79. The number of H-pyrrole nitrogens is 1. The lowest BCUT2D eigenvalue weighted by molar-refractivity contribution is 0.627. The number of hydrogen-bond acceptors (Lipinski definition) is 2. The Bertz CT molecular complexity index is 626. The first-order valence-electron chi connectivity index (χ1n) is 4.66. The van der Waals surface area contributed by atoms with Gasteiger partial charge in [-0.05, 0) is 31.2 Å². The smallest absolute Gasteiger partial charge is 0.273 e. The molecule has 0 bridgehead atoms. The molecule has 2 rings (SSSR count). The molecular formula is C11H9FN2O2. The Kier molecular flexibility index (Phi) is 2.44. The molecule has 4 nitrogen and oxygen atoms in total. The zero-order valence-corrected chi connectivity index (χ0v) is 8.53. The Balaban J connectivity index is 2.65. The number of aryl methyl sites for hydroxylation is 1. The highest BCUT2D eigenvalue weighted by molar-refractivity contribution is 5.32. The van der Waals surface area contributed by atoms with E-state index in [0.29, 0.717) is 11.3 Å². The number of rotatable bonds is 1. The Hall–Kier alpha value is -2.17. The van der Waals surface area contributed by atoms with E-state index in [1.54, 1.807) is 6.92 Å². The third-order valence-corrected chi connectivity index (χ3v) is 2.22. The number of hydrogen-bond donors (Lipinski definition) is 1. The van der Waals surface area contributed by atoms with Crippen molar-refractivity contribution in [2.24, 2.45) is 0 Å². The zero-order chi connectivity index (χ0) is 11.7. The van der Waals surface area contributed by atoms with Gasteiger partial charge in [-0.3, -0.25) is 14.3 Å². The molecule has 0 aliphatic rings. The standard InChI is InChI=1S/C11H9FN2O2/c1-7-6-14(11(16)13-10(7)15)9-4-2-8(12)3-5-9/h2-6H,1H3,(H,13,15,16). The summed E-state index contributed by atoms with van der Waals surface area (Å²) in [6.07, 6.45) is 1.43. The van der Waals surface area contributed by atoms with Crippen LogP contribution in [-0.2, 0) is 0 Å². The van der Waals surface area contributed by atoms with Crippen LogP contribution >= 0.6 is 0 Å². The SMILES string of the molecule is Cc1cn(-c2ccc(F)cc2)c(=O)[nH]c1=O. The van der Waals surface area contributed by atoms with Crippen LogP contribution in [0.2, 0.25) is 0 Å². The van der Waals surface area contributed by atoms with Crippen LogP contribution in [0.3, 0.4) is 0 Å². The molecule has 2 aromatic rings. The number of aromatic amines is 1. The molecule has 16 heavy (non-hydrogen) atoms. The average molecular weight is 220 g/mol. The van der Waals surface area contributed by atoms with E-state index in [1.165, 1.54) is 35.0 Å². The Labute approximate surface area is 90.0 Å². The van der Waals surface area contributed by atoms with Gasteiger partial charge in [-0.15, -0.1) is 0 Å². The van der Waals surface area contributed by atoms with Crippen molar-refractivity contribution < 1.29 is 4.39 Å². The Morgan fingerprint density at radius 2 is 1.81 bits per heavy atom. The van der Waals surface area contributed by atoms with Crippen LogP contribution in [0.5, 0.6) is 0 Å². The number of halogens is 1. The molecule has 0 saturated carbocycles. The van der Waals surface area contributed by atoms with Crippen molar-refractivity contribution in [2.45, 2.75) is 6.92 Å². The van der Waals surface area contributed by atoms with Crippen LogP contribution in [-0.4, -0.2) is 9.55 Å². The van der Waals surface area contributed by atoms with Gasteiger partial charge in [0.15, 0.2) is 0 Å². The van der Waals surface area contributed by atoms with Crippen LogP contribution < -0.4 is 11.2 Å². The molecule has 1 aromatic carbocycles. The van der Waals surface area contributed by atoms with E-state index in [9.17, 15) is 14.0 Å². The van der Waals surface area contributed by atoms with E-state index in [4.69, 9.17) is 0 Å². The fraction of sp³-hybridized carbons (Fsp3) is 0.0909. The third-order valence-electron chi connectivity index (χ3n) is 2.22. The summed E-state index contributed by atoms with van der Waals surface area (Å²) >= 11 is 0. The summed E-state index contributed by atoms with van der Waals surface area (Å²) in [6.45, 7) is 1.60. The van der Waals surface area contributed by atoms with Crippen LogP contribution in [0.25, 0.3) is 5.69 Å². The normalized spacial score (nSPS) is 10.4. The van der Waals surface area contributed by atoms with Crippen molar-refractivity contribution in [3.63, 3.8) is 0 Å². The lowest BCUT2D eigenvalue weighted by Gasteiger charge is -2.05. The highest BCUT2D eigenvalue weighted by atomic mass is 19.1. The van der Waals surface area contributed by atoms with E-state index in [-0.39, 0.29) is 5.82 Å². The van der Waals surface area contributed by atoms with Gasteiger partial charge in [-0.25, -0.2) is 9.18 Å². The zero-order valence-electron chi connectivity index (χ0n) is 8.53. The highest BCUT2D eigenvalue weighted by Gasteiger charge is 2.02. The van der Waals surface area contributed by atoms with E-state index in [2.05, 4.69) is 4.98 Å². The predicted octanol–water partition coefficient (Wildman–Crippen LogP) is 0.973. The summed E-state index contributed by atoms with van der Waals surface area (Å²) in [4.78, 5) is 24.8. The number of aromatic nitrogens is 2. The van der Waals surface area contributed by atoms with Crippen LogP contribution in [0.1, 0.15) is 5.56 Å². The molecule has 1 aromatic heterocycles. The van der Waals surface area contributed by atoms with Gasteiger partial charge in [0.05, 0.1) is 5.69 Å². The van der Waals surface area contributed by atoms with Gasteiger partial charge >= 0.3 is 5.69 Å². The second-order valence-electron chi connectivity index (χ2n) is 3.42. The largest absolute Gasteiger partial charge is 0.332 e. The summed E-state index contributed by atoms with van der Waals surface area (Å²) in [5, 5.41) is 0. The average Bonchev–Trinajstić information content (AvgIpc) is 2.25. The quantitative estimate of drug-likeness (QED) is 0.778. The number of nitrogens with one attached hydrogen (secondary N) is 1. The predicted molar refractivity (Wildman–Crippen MR) is 57.4 cm³/mol. The van der Waals surface area contributed by atoms with Gasteiger partial charge in [-0.1, -0.05) is 0 Å². The molecule has 0 aliphatic heterocycles. The Morgan fingerprint density at radius 3 is 2.44 bits per heavy atom. The molecule has 0 saturated heterocycles. The summed E-state index contributed by atoms with van der Waals surface area (Å²) in [5.41, 5.74) is -0.0276. The first-order valence-corrected chi connectivity index (χ1v) is 4.66. The molecule has 0 unspecified atom stereocenters. The minimum absolute atomic E-state index is 0.377. The Morgan fingerprint density at radius 1 is 1.19 bits per heavy atom. The molecule has 0 spiro atoms. The van der Waals surface area contributed by atoms with Gasteiger partial charge in [0, 0.05) is 11.8 Å². The molecule has 1 heterocycles. The van der Waals surface area contributed by atoms with Gasteiger partial charge < -0.3 is 0 Å². The minimum atomic E-state index is -0.540. The van der Waals surface area contributed by atoms with Gasteiger partial charge in [0.1, 0.15) is 5.82 Å². The lowest BCUT2D eigenvalue weighted by atomic mass is 10.3. The highest BCUT2D eigenvalue weighted by Crippen LogP contribution is 2.05. The van der Waals surface area contributed by atoms with Gasteiger partial charge in [0.2, 0.25) is 0 Å². The lowest BCUT2D eigenvalue weighted by Crippen LogP contribution is -2.29. The summed E-state index contributed by atoms with van der Waals surface area (Å²) in [5.74, 6) is -0.377. The summed E-state index contributed by atoms with van der Waals surface area (Å²) < 4.78 is 14.0. The summed E-state index contributed by atoms with van der Waals surface area (Å²) in [7, 11) is 0. The van der Waals surface area contributed by atoms with Crippen molar-refractivity contribution in [2.75, 3.05) is 0 Å². The number of benzene rings is 1. The molecule has 0 atom stereocenters. The monoisotopic (exact) mass is 220 g/mol. The first kappa shape index (κ1) is 10.4. The van der Waals surface area contributed by atoms with E-state index < -0.39 is 11.2 Å². The molecule has 82 valence electrons. The van der Waals surface area contributed by atoms with Crippen molar-refractivity contribution >= 4 is 0 Å². The maximum absolute atomic E-state index is 12.7. The van der Waals surface area contributed by atoms with Crippen LogP contribution in [0, 0.1) is 12.7 Å². The minimum Gasteiger partial charge on any atom is -0.273 e. The molecule has 0 amide bonds. The molecule has 0 aliphatic carbocycles. The van der Waals surface area contributed by atoms with Crippen molar-refractivity contribution in [3.05, 3.63) is 62.7 Å². The first-order chi connectivity index (χ1) is 7.58.